The van der Waals surface area contributed by atoms with E-state index in [-0.39, 0.29) is 37.0 Å². The van der Waals surface area contributed by atoms with Crippen molar-refractivity contribution in [3.05, 3.63) is 71.8 Å². The number of likely N-dealkylation sites (N-methyl/N-ethyl adjacent to an activating group) is 4. The summed E-state index contributed by atoms with van der Waals surface area (Å²) < 4.78 is 11.3. The molecule has 2 aromatic rings. The summed E-state index contributed by atoms with van der Waals surface area (Å²) in [7, 11) is 7.50. The van der Waals surface area contributed by atoms with Crippen molar-refractivity contribution in [3.8, 4) is 0 Å². The molecule has 0 unspecified atom stereocenters. The summed E-state index contributed by atoms with van der Waals surface area (Å²) in [5, 5.41) is 0. The summed E-state index contributed by atoms with van der Waals surface area (Å²) >= 11 is 0. The van der Waals surface area contributed by atoms with Gasteiger partial charge in [-0.3, -0.25) is 19.4 Å². The number of nitrogens with zero attached hydrogens (tertiary/aromatic N) is 4. The molecule has 0 N–H and O–H groups in total. The molecule has 0 bridgehead atoms. The van der Waals surface area contributed by atoms with E-state index in [4.69, 9.17) is 9.47 Å². The molecule has 8 heteroatoms. The average Bonchev–Trinajstić information content (AvgIpc) is 2.88. The molecule has 2 atom stereocenters. The standard InChI is InChI=1S/C28H40N4O4/c1-29-15-17-35-19-20-36-18-16-30(2)22-26(34)32(4)28(24-13-9-6-10-14-24)27(31(3)25(33)21-29)23-11-7-5-8-12-23/h5-14,27-28H,15-22H2,1-4H3/t27-,28-/m1/s1. The number of carbonyl (C=O) groups is 2. The Morgan fingerprint density at radius 1 is 0.583 bits per heavy atom. The van der Waals surface area contributed by atoms with E-state index in [1.807, 2.05) is 98.7 Å². The lowest BCUT2D eigenvalue weighted by molar-refractivity contribution is -0.140. The van der Waals surface area contributed by atoms with Gasteiger partial charge in [0.15, 0.2) is 0 Å². The predicted octanol–water partition coefficient (Wildman–Crippen LogP) is 2.30. The minimum absolute atomic E-state index is 0.0188. The van der Waals surface area contributed by atoms with Crippen molar-refractivity contribution in [1.29, 1.82) is 0 Å². The zero-order chi connectivity index (χ0) is 25.9. The van der Waals surface area contributed by atoms with Crippen LogP contribution in [0.3, 0.4) is 0 Å². The molecule has 0 aromatic heterocycles. The first-order chi connectivity index (χ1) is 17.4. The van der Waals surface area contributed by atoms with Gasteiger partial charge in [0.1, 0.15) is 0 Å². The molecule has 1 fully saturated rings. The molecular formula is C28H40N4O4. The van der Waals surface area contributed by atoms with Gasteiger partial charge in [0.2, 0.25) is 11.8 Å². The molecule has 0 radical (unpaired) electrons. The zero-order valence-corrected chi connectivity index (χ0v) is 22.0. The fourth-order valence-corrected chi connectivity index (χ4v) is 4.45. The highest BCUT2D eigenvalue weighted by atomic mass is 16.5. The van der Waals surface area contributed by atoms with E-state index in [2.05, 4.69) is 0 Å². The molecular weight excluding hydrogens is 456 g/mol. The van der Waals surface area contributed by atoms with Crippen molar-refractivity contribution in [2.24, 2.45) is 0 Å². The van der Waals surface area contributed by atoms with Gasteiger partial charge >= 0.3 is 0 Å². The van der Waals surface area contributed by atoms with Crippen molar-refractivity contribution >= 4 is 11.8 Å². The maximum absolute atomic E-state index is 13.5. The fraction of sp³-hybridized carbons (Fsp3) is 0.500. The van der Waals surface area contributed by atoms with Gasteiger partial charge in [0.25, 0.3) is 0 Å². The second kappa shape index (κ2) is 14.1. The van der Waals surface area contributed by atoms with Crippen LogP contribution in [0.25, 0.3) is 0 Å². The topological polar surface area (TPSA) is 65.6 Å². The van der Waals surface area contributed by atoms with Crippen molar-refractivity contribution in [3.63, 3.8) is 0 Å². The number of ether oxygens (including phenoxy) is 2. The van der Waals surface area contributed by atoms with Crippen LogP contribution in [0.1, 0.15) is 23.2 Å². The van der Waals surface area contributed by atoms with Crippen LogP contribution in [-0.2, 0) is 19.1 Å². The number of benzene rings is 2. The average molecular weight is 497 g/mol. The number of amides is 2. The Morgan fingerprint density at radius 2 is 0.944 bits per heavy atom. The van der Waals surface area contributed by atoms with E-state index in [1.54, 1.807) is 9.80 Å². The third-order valence-corrected chi connectivity index (χ3v) is 6.62. The molecule has 3 rings (SSSR count). The third-order valence-electron chi connectivity index (χ3n) is 6.62. The summed E-state index contributed by atoms with van der Waals surface area (Å²) in [6.07, 6.45) is 0. The maximum atomic E-state index is 13.5. The minimum atomic E-state index is -0.368. The number of rotatable bonds is 2. The fourth-order valence-electron chi connectivity index (χ4n) is 4.45. The van der Waals surface area contributed by atoms with Crippen molar-refractivity contribution < 1.29 is 19.1 Å². The molecule has 8 nitrogen and oxygen atoms in total. The van der Waals surface area contributed by atoms with E-state index in [9.17, 15) is 9.59 Å². The normalized spacial score (nSPS) is 23.3. The molecule has 1 aliphatic heterocycles. The van der Waals surface area contributed by atoms with E-state index in [0.717, 1.165) is 11.1 Å². The lowest BCUT2D eigenvalue weighted by Crippen LogP contribution is -2.47. The van der Waals surface area contributed by atoms with Crippen LogP contribution in [-0.4, -0.2) is 112 Å². The molecule has 0 aliphatic carbocycles. The first kappa shape index (κ1) is 27.8. The molecule has 196 valence electrons. The summed E-state index contributed by atoms with van der Waals surface area (Å²) in [6.45, 7) is 3.84. The molecule has 1 heterocycles. The van der Waals surface area contributed by atoms with Crippen LogP contribution in [0.2, 0.25) is 0 Å². The Balaban J connectivity index is 2.00. The van der Waals surface area contributed by atoms with Crippen LogP contribution >= 0.6 is 0 Å². The summed E-state index contributed by atoms with van der Waals surface area (Å²) in [4.78, 5) is 34.6. The van der Waals surface area contributed by atoms with Gasteiger partial charge in [-0.05, 0) is 25.2 Å². The Kier molecular flexibility index (Phi) is 10.9. The molecule has 0 spiro atoms. The molecule has 2 amide bonds. The predicted molar refractivity (Wildman–Crippen MR) is 141 cm³/mol. The summed E-state index contributed by atoms with van der Waals surface area (Å²) in [5.74, 6) is -0.0376. The largest absolute Gasteiger partial charge is 0.378 e. The van der Waals surface area contributed by atoms with Crippen LogP contribution < -0.4 is 0 Å². The highest BCUT2D eigenvalue weighted by molar-refractivity contribution is 5.80. The molecule has 1 saturated heterocycles. The summed E-state index contributed by atoms with van der Waals surface area (Å²) in [5.41, 5.74) is 1.95. The van der Waals surface area contributed by atoms with Crippen LogP contribution in [0.4, 0.5) is 0 Å². The zero-order valence-electron chi connectivity index (χ0n) is 22.0. The molecule has 2 aromatic carbocycles. The Labute approximate surface area is 215 Å². The van der Waals surface area contributed by atoms with Gasteiger partial charge in [-0.15, -0.1) is 0 Å². The summed E-state index contributed by atoms with van der Waals surface area (Å²) in [6, 6.07) is 19.2. The molecule has 36 heavy (non-hydrogen) atoms. The quantitative estimate of drug-likeness (QED) is 0.636. The van der Waals surface area contributed by atoms with E-state index in [1.165, 1.54) is 0 Å². The lowest BCUT2D eigenvalue weighted by atomic mass is 9.90. The first-order valence-corrected chi connectivity index (χ1v) is 12.5. The Morgan fingerprint density at radius 3 is 1.31 bits per heavy atom. The molecule has 1 aliphatic rings. The lowest BCUT2D eigenvalue weighted by Gasteiger charge is -2.41. The minimum Gasteiger partial charge on any atom is -0.378 e. The van der Waals surface area contributed by atoms with Crippen molar-refractivity contribution in [2.75, 3.05) is 80.8 Å². The van der Waals surface area contributed by atoms with Crippen molar-refractivity contribution in [2.45, 2.75) is 12.1 Å². The smallest absolute Gasteiger partial charge is 0.237 e. The van der Waals surface area contributed by atoms with Gasteiger partial charge in [-0.1, -0.05) is 60.7 Å². The second-order valence-electron chi connectivity index (χ2n) is 9.42. The van der Waals surface area contributed by atoms with Gasteiger partial charge < -0.3 is 19.3 Å². The molecule has 0 saturated carbocycles. The number of carbonyl (C=O) groups excluding carboxylic acids is 2. The van der Waals surface area contributed by atoms with Crippen LogP contribution in [0, 0.1) is 0 Å². The van der Waals surface area contributed by atoms with Gasteiger partial charge in [0.05, 0.1) is 51.6 Å². The van der Waals surface area contributed by atoms with Crippen molar-refractivity contribution in [1.82, 2.24) is 19.6 Å². The van der Waals surface area contributed by atoms with Crippen LogP contribution in [0.15, 0.2) is 60.7 Å². The Bertz CT molecular complexity index is 866. The van der Waals surface area contributed by atoms with Gasteiger partial charge in [0, 0.05) is 27.2 Å². The first-order valence-electron chi connectivity index (χ1n) is 12.5. The van der Waals surface area contributed by atoms with E-state index in [0.29, 0.717) is 39.5 Å². The maximum Gasteiger partial charge on any atom is 0.237 e. The van der Waals surface area contributed by atoms with E-state index < -0.39 is 0 Å². The SMILES string of the molecule is CN1CCOCCOCCN(C)CC(=O)N(C)[C@H](c2ccccc2)[C@@H](c2ccccc2)N(C)C(=O)C1. The number of hydrogen-bond donors (Lipinski definition) is 0. The van der Waals surface area contributed by atoms with Crippen LogP contribution in [0.5, 0.6) is 0 Å². The second-order valence-corrected chi connectivity index (χ2v) is 9.42. The number of hydrogen-bond acceptors (Lipinski definition) is 6. The Hall–Kier alpha value is -2.78. The highest BCUT2D eigenvalue weighted by Gasteiger charge is 2.36. The monoisotopic (exact) mass is 496 g/mol. The third kappa shape index (κ3) is 7.86. The van der Waals surface area contributed by atoms with Gasteiger partial charge in [-0.25, -0.2) is 0 Å². The van der Waals surface area contributed by atoms with E-state index >= 15 is 0 Å². The highest BCUT2D eigenvalue weighted by Crippen LogP contribution is 2.37. The van der Waals surface area contributed by atoms with Gasteiger partial charge in [-0.2, -0.15) is 0 Å².